The number of carbonyl (C=O) groups is 1. The maximum Gasteiger partial charge on any atom is 0.333 e. The number of nitrogens with one attached hydrogen (secondary N) is 3. The lowest BCUT2D eigenvalue weighted by molar-refractivity contribution is 0.256. The van der Waals surface area contributed by atoms with Gasteiger partial charge in [-0.3, -0.25) is 4.79 Å². The second-order valence-electron chi connectivity index (χ2n) is 7.73. The number of nitrogens with zero attached hydrogens (tertiary/aromatic N) is 1. The van der Waals surface area contributed by atoms with Crippen LogP contribution in [0, 0.1) is 0 Å². The van der Waals surface area contributed by atoms with E-state index in [0.717, 1.165) is 10.6 Å². The zero-order valence-corrected chi connectivity index (χ0v) is 19.8. The first-order chi connectivity index (χ1) is 17.1. The first kappa shape index (κ1) is 23.3. The summed E-state index contributed by atoms with van der Waals surface area (Å²) in [5.74, 6) is 0. The second kappa shape index (κ2) is 8.32. The van der Waals surface area contributed by atoms with E-state index in [4.69, 9.17) is 0 Å². The average Bonchev–Trinajstić information content (AvgIpc) is 3.11. The number of hydrogen-bond donors (Lipinski definition) is 3. The molecule has 13 heteroatoms. The van der Waals surface area contributed by atoms with E-state index in [1.807, 2.05) is 0 Å². The van der Waals surface area contributed by atoms with Crippen molar-refractivity contribution < 1.29 is 21.6 Å². The molecule has 3 aromatic carbocycles. The molecule has 0 fully saturated rings. The highest BCUT2D eigenvalue weighted by Crippen LogP contribution is 2.35. The van der Waals surface area contributed by atoms with E-state index in [1.54, 1.807) is 35.1 Å². The Morgan fingerprint density at radius 3 is 2.28 bits per heavy atom. The summed E-state index contributed by atoms with van der Waals surface area (Å²) in [5, 5.41) is 2.59. The van der Waals surface area contributed by atoms with Gasteiger partial charge in [0.1, 0.15) is 0 Å². The van der Waals surface area contributed by atoms with E-state index in [1.165, 1.54) is 42.5 Å². The summed E-state index contributed by atoms with van der Waals surface area (Å²) in [7, 11) is -9.03. The molecule has 0 saturated carbocycles. The molecule has 11 nitrogen and oxygen atoms in total. The van der Waals surface area contributed by atoms with Crippen molar-refractivity contribution in [2.75, 3.05) is 5.32 Å². The summed E-state index contributed by atoms with van der Waals surface area (Å²) in [6.45, 7) is 0. The summed E-state index contributed by atoms with van der Waals surface area (Å²) >= 11 is 0. The molecule has 0 spiro atoms. The highest BCUT2D eigenvalue weighted by atomic mass is 32.3. The lowest BCUT2D eigenvalue weighted by Gasteiger charge is -2.10. The van der Waals surface area contributed by atoms with Crippen molar-refractivity contribution in [2.45, 2.75) is 4.90 Å². The third kappa shape index (κ3) is 3.89. The van der Waals surface area contributed by atoms with Crippen LogP contribution in [-0.2, 0) is 19.9 Å². The lowest BCUT2D eigenvalue weighted by atomic mass is 10.2. The number of H-pyrrole nitrogens is 1. The molecule has 0 atom stereocenters. The number of amides is 2. The number of sulfone groups is 1. The third-order valence-corrected chi connectivity index (χ3v) is 9.44. The van der Waals surface area contributed by atoms with Gasteiger partial charge in [0.05, 0.1) is 21.5 Å². The van der Waals surface area contributed by atoms with Crippen LogP contribution in [0.4, 0.5) is 10.5 Å². The van der Waals surface area contributed by atoms with E-state index in [2.05, 4.69) is 10.3 Å². The van der Waals surface area contributed by atoms with Gasteiger partial charge in [-0.25, -0.2) is 35.7 Å². The normalized spacial score (nSPS) is 14.2. The maximum absolute atomic E-state index is 12.8. The summed E-state index contributed by atoms with van der Waals surface area (Å²) < 4.78 is 52.2. The number of urea groups is 1. The Hall–Kier alpha value is -4.49. The molecule has 0 saturated heterocycles. The first-order valence-corrected chi connectivity index (χ1v) is 13.3. The molecular weight excluding hydrogens is 508 g/mol. The van der Waals surface area contributed by atoms with E-state index >= 15 is 0 Å². The van der Waals surface area contributed by atoms with Crippen LogP contribution in [-0.4, -0.2) is 32.4 Å². The fourth-order valence-electron chi connectivity index (χ4n) is 3.80. The number of para-hydroxylation sites is 1. The number of aromatic nitrogens is 2. The van der Waals surface area contributed by atoms with Crippen LogP contribution in [0.3, 0.4) is 0 Å². The zero-order valence-electron chi connectivity index (χ0n) is 18.1. The molecule has 1 aliphatic rings. The van der Waals surface area contributed by atoms with Gasteiger partial charge >= 0.3 is 11.7 Å². The minimum Gasteiger partial charge on any atom is -0.307 e. The molecule has 1 aliphatic heterocycles. The van der Waals surface area contributed by atoms with Gasteiger partial charge in [0.25, 0.3) is 15.6 Å². The Bertz CT molecular complexity index is 1920. The Morgan fingerprint density at radius 2 is 1.56 bits per heavy atom. The van der Waals surface area contributed by atoms with Crippen LogP contribution in [0.15, 0.2) is 91.5 Å². The predicted octanol–water partition coefficient (Wildman–Crippen LogP) is 1.92. The van der Waals surface area contributed by atoms with Crippen LogP contribution in [0.1, 0.15) is 5.56 Å². The summed E-state index contributed by atoms with van der Waals surface area (Å²) in [5.41, 5.74) is -0.259. The molecule has 0 radical (unpaired) electrons. The Morgan fingerprint density at radius 1 is 0.889 bits per heavy atom. The van der Waals surface area contributed by atoms with Crippen molar-refractivity contribution in [3.63, 3.8) is 0 Å². The monoisotopic (exact) mass is 524 g/mol. The van der Waals surface area contributed by atoms with Crippen molar-refractivity contribution in [2.24, 2.45) is 0 Å². The van der Waals surface area contributed by atoms with Crippen molar-refractivity contribution in [1.29, 1.82) is 0 Å². The Kier molecular flexibility index (Phi) is 5.38. The number of benzene rings is 3. The summed E-state index contributed by atoms with van der Waals surface area (Å²) in [6, 6.07) is 16.5. The number of sulfonamides is 1. The standard InChI is InChI=1S/C23H16N4O7S2/c28-21-17-6-2-3-7-18(17)25-23(30)27(21)16-11-9-15(10-12-16)24-22(29)26-36(33,34)20-13-14-5-1-4-8-19(14)35(20,31)32/h1-13H,(H,25,30)(H2,24,26,29). The van der Waals surface area contributed by atoms with Crippen molar-refractivity contribution in [3.8, 4) is 5.69 Å². The molecule has 1 aromatic heterocycles. The SMILES string of the molecule is O=C(Nc1ccc(-n2c(=O)[nH]c3ccccc3c2=O)cc1)NS(=O)(=O)C1=Cc2ccccc2S1(=O)=O. The van der Waals surface area contributed by atoms with Crippen LogP contribution in [0.2, 0.25) is 0 Å². The van der Waals surface area contributed by atoms with Gasteiger partial charge in [-0.15, -0.1) is 0 Å². The molecule has 3 N–H and O–H groups in total. The second-order valence-corrected chi connectivity index (χ2v) is 11.5. The van der Waals surface area contributed by atoms with Crippen molar-refractivity contribution in [1.82, 2.24) is 14.3 Å². The highest BCUT2D eigenvalue weighted by molar-refractivity contribution is 8.14. The van der Waals surface area contributed by atoms with Crippen LogP contribution in [0.25, 0.3) is 22.7 Å². The fraction of sp³-hybridized carbons (Fsp3) is 0. The smallest absolute Gasteiger partial charge is 0.307 e. The fourth-order valence-corrected chi connectivity index (χ4v) is 7.22. The van der Waals surface area contributed by atoms with Crippen molar-refractivity contribution in [3.05, 3.63) is 103 Å². The molecule has 0 aliphatic carbocycles. The van der Waals surface area contributed by atoms with Gasteiger partial charge in [0, 0.05) is 5.69 Å². The largest absolute Gasteiger partial charge is 0.333 e. The summed E-state index contributed by atoms with van der Waals surface area (Å²) in [4.78, 5) is 40.0. The topological polar surface area (TPSA) is 164 Å². The number of hydrogen-bond acceptors (Lipinski definition) is 7. The minimum atomic E-state index is -4.72. The third-order valence-electron chi connectivity index (χ3n) is 5.43. The van der Waals surface area contributed by atoms with Gasteiger partial charge in [-0.2, -0.15) is 0 Å². The molecule has 5 rings (SSSR count). The first-order valence-electron chi connectivity index (χ1n) is 10.3. The van der Waals surface area contributed by atoms with Crippen LogP contribution < -0.4 is 21.3 Å². The van der Waals surface area contributed by atoms with E-state index in [-0.39, 0.29) is 21.8 Å². The van der Waals surface area contributed by atoms with Gasteiger partial charge in [-0.1, -0.05) is 30.3 Å². The molecule has 182 valence electrons. The molecule has 0 bridgehead atoms. The Labute approximate surface area is 203 Å². The van der Waals surface area contributed by atoms with Gasteiger partial charge < -0.3 is 10.3 Å². The van der Waals surface area contributed by atoms with E-state index in [0.29, 0.717) is 10.9 Å². The van der Waals surface area contributed by atoms with Crippen LogP contribution >= 0.6 is 0 Å². The summed E-state index contributed by atoms with van der Waals surface area (Å²) in [6.07, 6.45) is 0.980. The minimum absolute atomic E-state index is 0.128. The number of anilines is 1. The maximum atomic E-state index is 12.8. The molecular formula is C23H16N4O7S2. The van der Waals surface area contributed by atoms with Crippen LogP contribution in [0.5, 0.6) is 0 Å². The van der Waals surface area contributed by atoms with Gasteiger partial charge in [-0.05, 0) is 54.1 Å². The molecule has 36 heavy (non-hydrogen) atoms. The lowest BCUT2D eigenvalue weighted by Crippen LogP contribution is -2.36. The Balaban J connectivity index is 1.36. The molecule has 0 unspecified atom stereocenters. The van der Waals surface area contributed by atoms with Gasteiger partial charge in [0.2, 0.25) is 9.84 Å². The molecule has 4 aromatic rings. The average molecular weight is 525 g/mol. The predicted molar refractivity (Wildman–Crippen MR) is 133 cm³/mol. The van der Waals surface area contributed by atoms with E-state index in [9.17, 15) is 31.2 Å². The molecule has 2 heterocycles. The highest BCUT2D eigenvalue weighted by Gasteiger charge is 2.39. The van der Waals surface area contributed by atoms with Crippen molar-refractivity contribution >= 4 is 48.6 Å². The number of carbonyl (C=O) groups excluding carboxylic acids is 1. The number of fused-ring (bicyclic) bond motifs is 2. The molecule has 2 amide bonds. The zero-order chi connectivity index (χ0) is 25.7. The number of rotatable bonds is 4. The quantitative estimate of drug-likeness (QED) is 0.367. The number of aromatic amines is 1. The van der Waals surface area contributed by atoms with Gasteiger partial charge in [0.15, 0.2) is 4.24 Å². The van der Waals surface area contributed by atoms with E-state index < -0.39 is 41.4 Å².